The first kappa shape index (κ1) is 13.2. The topological polar surface area (TPSA) is 61.5 Å². The van der Waals surface area contributed by atoms with Gasteiger partial charge in [-0.3, -0.25) is 4.79 Å². The number of carbonyl (C=O) groups excluding carboxylic acids is 1. The van der Waals surface area contributed by atoms with Gasteiger partial charge >= 0.3 is 5.97 Å². The number of methoxy groups -OCH3 is 1. The van der Waals surface area contributed by atoms with Gasteiger partial charge in [0.2, 0.25) is 0 Å². The van der Waals surface area contributed by atoms with Crippen LogP contribution in [0.4, 0.5) is 0 Å². The molecule has 4 nitrogen and oxygen atoms in total. The molecule has 2 rings (SSSR count). The van der Waals surface area contributed by atoms with Crippen LogP contribution >= 0.6 is 11.6 Å². The first-order valence-corrected chi connectivity index (χ1v) is 6.26. The molecule has 1 aromatic carbocycles. The molecule has 98 valence electrons. The first-order valence-electron chi connectivity index (χ1n) is 5.88. The van der Waals surface area contributed by atoms with E-state index in [0.29, 0.717) is 17.5 Å². The molecular formula is C13H16ClNO3. The van der Waals surface area contributed by atoms with Gasteiger partial charge in [0, 0.05) is 11.4 Å². The van der Waals surface area contributed by atoms with Crippen LogP contribution in [0.15, 0.2) is 18.2 Å². The van der Waals surface area contributed by atoms with Crippen LogP contribution in [0.25, 0.3) is 0 Å². The van der Waals surface area contributed by atoms with Crippen molar-refractivity contribution < 1.29 is 14.3 Å². The first-order chi connectivity index (χ1) is 8.60. The Morgan fingerprint density at radius 1 is 1.56 bits per heavy atom. The lowest BCUT2D eigenvalue weighted by Gasteiger charge is -2.14. The van der Waals surface area contributed by atoms with Gasteiger partial charge in [-0.05, 0) is 36.6 Å². The Hall–Kier alpha value is -1.26. The van der Waals surface area contributed by atoms with Crippen LogP contribution in [0, 0.1) is 0 Å². The molecule has 18 heavy (non-hydrogen) atoms. The highest BCUT2D eigenvalue weighted by molar-refractivity contribution is 6.30. The van der Waals surface area contributed by atoms with Crippen molar-refractivity contribution in [3.8, 4) is 5.75 Å². The summed E-state index contributed by atoms with van der Waals surface area (Å²) in [4.78, 5) is 11.3. The van der Waals surface area contributed by atoms with Crippen LogP contribution < -0.4 is 10.5 Å². The minimum Gasteiger partial charge on any atom is -0.490 e. The fraction of sp³-hybridized carbons (Fsp3) is 0.462. The Kier molecular flexibility index (Phi) is 4.09. The second kappa shape index (κ2) is 5.59. The highest BCUT2D eigenvalue weighted by Crippen LogP contribution is 2.31. The van der Waals surface area contributed by atoms with Crippen molar-refractivity contribution >= 4 is 17.6 Å². The average Bonchev–Trinajstić information content (AvgIpc) is 3.15. The van der Waals surface area contributed by atoms with Crippen molar-refractivity contribution in [1.82, 2.24) is 0 Å². The van der Waals surface area contributed by atoms with Gasteiger partial charge in [-0.2, -0.15) is 0 Å². The van der Waals surface area contributed by atoms with Crippen molar-refractivity contribution in [2.75, 3.05) is 7.11 Å². The summed E-state index contributed by atoms with van der Waals surface area (Å²) in [5.41, 5.74) is 6.59. The highest BCUT2D eigenvalue weighted by Gasteiger charge is 2.25. The molecule has 1 aliphatic rings. The SMILES string of the molecule is COC(=O)[C@@H](N)Cc1cc(Cl)ccc1OC1CC1. The van der Waals surface area contributed by atoms with E-state index in [2.05, 4.69) is 4.74 Å². The standard InChI is InChI=1S/C13H16ClNO3/c1-17-13(16)11(15)7-8-6-9(14)2-5-12(8)18-10-3-4-10/h2,5-6,10-11H,3-4,7,15H2,1H3/t11-/m0/s1. The smallest absolute Gasteiger partial charge is 0.322 e. The summed E-state index contributed by atoms with van der Waals surface area (Å²) in [7, 11) is 1.32. The lowest BCUT2D eigenvalue weighted by molar-refractivity contribution is -0.142. The van der Waals surface area contributed by atoms with Crippen molar-refractivity contribution in [2.45, 2.75) is 31.4 Å². The molecule has 1 aliphatic carbocycles. The van der Waals surface area contributed by atoms with Crippen LogP contribution in [-0.4, -0.2) is 25.2 Å². The summed E-state index contributed by atoms with van der Waals surface area (Å²) in [5.74, 6) is 0.314. The molecule has 0 amide bonds. The van der Waals surface area contributed by atoms with Crippen LogP contribution in [0.2, 0.25) is 5.02 Å². The zero-order valence-corrected chi connectivity index (χ0v) is 10.9. The van der Waals surface area contributed by atoms with Gasteiger partial charge in [-0.1, -0.05) is 11.6 Å². The summed E-state index contributed by atoms with van der Waals surface area (Å²) in [6.45, 7) is 0. The number of halogens is 1. The highest BCUT2D eigenvalue weighted by atomic mass is 35.5. The van der Waals surface area contributed by atoms with Crippen LogP contribution in [0.5, 0.6) is 5.75 Å². The number of benzene rings is 1. The van der Waals surface area contributed by atoms with E-state index in [1.807, 2.05) is 6.07 Å². The molecule has 1 atom stereocenters. The molecule has 1 aromatic rings. The second-order valence-corrected chi connectivity index (χ2v) is 4.84. The van der Waals surface area contributed by atoms with Crippen LogP contribution in [-0.2, 0) is 16.0 Å². The third-order valence-electron chi connectivity index (χ3n) is 2.78. The largest absolute Gasteiger partial charge is 0.490 e. The van der Waals surface area contributed by atoms with Crippen LogP contribution in [0.3, 0.4) is 0 Å². The molecule has 0 heterocycles. The molecule has 0 radical (unpaired) electrons. The van der Waals surface area contributed by atoms with E-state index in [1.54, 1.807) is 12.1 Å². The van der Waals surface area contributed by atoms with E-state index in [1.165, 1.54) is 7.11 Å². The maximum Gasteiger partial charge on any atom is 0.322 e. The van der Waals surface area contributed by atoms with Crippen molar-refractivity contribution in [3.63, 3.8) is 0 Å². The van der Waals surface area contributed by atoms with E-state index < -0.39 is 12.0 Å². The summed E-state index contributed by atoms with van der Waals surface area (Å²) in [6, 6.07) is 4.67. The van der Waals surface area contributed by atoms with E-state index in [-0.39, 0.29) is 0 Å². The lowest BCUT2D eigenvalue weighted by Crippen LogP contribution is -2.33. The molecule has 0 spiro atoms. The summed E-state index contributed by atoms with van der Waals surface area (Å²) in [5, 5.41) is 0.602. The molecule has 0 aromatic heterocycles. The van der Waals surface area contributed by atoms with Gasteiger partial charge in [-0.15, -0.1) is 0 Å². The Labute approximate surface area is 111 Å². The monoisotopic (exact) mass is 269 g/mol. The Balaban J connectivity index is 2.13. The third kappa shape index (κ3) is 3.37. The lowest BCUT2D eigenvalue weighted by atomic mass is 10.1. The van der Waals surface area contributed by atoms with Gasteiger partial charge in [0.1, 0.15) is 11.8 Å². The fourth-order valence-electron chi connectivity index (χ4n) is 1.66. The predicted octanol–water partition coefficient (Wildman–Crippen LogP) is 1.92. The molecular weight excluding hydrogens is 254 g/mol. The molecule has 0 bridgehead atoms. The van der Waals surface area contributed by atoms with Crippen molar-refractivity contribution in [2.24, 2.45) is 5.73 Å². The van der Waals surface area contributed by atoms with Crippen molar-refractivity contribution in [1.29, 1.82) is 0 Å². The quantitative estimate of drug-likeness (QED) is 0.830. The number of ether oxygens (including phenoxy) is 2. The van der Waals surface area contributed by atoms with E-state index >= 15 is 0 Å². The molecule has 2 N–H and O–H groups in total. The molecule has 1 saturated carbocycles. The fourth-order valence-corrected chi connectivity index (χ4v) is 1.85. The maximum atomic E-state index is 11.3. The number of esters is 1. The Bertz CT molecular complexity index is 446. The van der Waals surface area contributed by atoms with Crippen LogP contribution in [0.1, 0.15) is 18.4 Å². The molecule has 0 saturated heterocycles. The minimum absolute atomic E-state index is 0.291. The Morgan fingerprint density at radius 2 is 2.28 bits per heavy atom. The Morgan fingerprint density at radius 3 is 2.89 bits per heavy atom. The van der Waals surface area contributed by atoms with Gasteiger partial charge in [0.15, 0.2) is 0 Å². The molecule has 0 unspecified atom stereocenters. The summed E-state index contributed by atoms with van der Waals surface area (Å²) >= 11 is 5.95. The van der Waals surface area contributed by atoms with E-state index in [0.717, 1.165) is 24.2 Å². The molecule has 5 heteroatoms. The van der Waals surface area contributed by atoms with Gasteiger partial charge in [0.05, 0.1) is 13.2 Å². The van der Waals surface area contributed by atoms with Gasteiger partial charge in [0.25, 0.3) is 0 Å². The number of hydrogen-bond acceptors (Lipinski definition) is 4. The number of hydrogen-bond donors (Lipinski definition) is 1. The zero-order valence-electron chi connectivity index (χ0n) is 10.2. The summed E-state index contributed by atoms with van der Waals surface area (Å²) < 4.78 is 10.4. The molecule has 0 aliphatic heterocycles. The number of nitrogens with two attached hydrogens (primary N) is 1. The predicted molar refractivity (Wildman–Crippen MR) is 68.8 cm³/mol. The third-order valence-corrected chi connectivity index (χ3v) is 3.02. The van der Waals surface area contributed by atoms with Gasteiger partial charge in [-0.25, -0.2) is 0 Å². The second-order valence-electron chi connectivity index (χ2n) is 4.40. The molecule has 1 fully saturated rings. The number of carbonyl (C=O) groups is 1. The zero-order chi connectivity index (χ0) is 13.1. The number of rotatable bonds is 5. The van der Waals surface area contributed by atoms with Gasteiger partial charge < -0.3 is 15.2 Å². The van der Waals surface area contributed by atoms with E-state index in [4.69, 9.17) is 22.1 Å². The maximum absolute atomic E-state index is 11.3. The average molecular weight is 270 g/mol. The minimum atomic E-state index is -0.699. The summed E-state index contributed by atoms with van der Waals surface area (Å²) in [6.07, 6.45) is 2.80. The van der Waals surface area contributed by atoms with Crippen molar-refractivity contribution in [3.05, 3.63) is 28.8 Å². The van der Waals surface area contributed by atoms with E-state index in [9.17, 15) is 4.79 Å². The normalized spacial score (nSPS) is 16.2.